The van der Waals surface area contributed by atoms with Crippen LogP contribution in [0.15, 0.2) is 85.2 Å². The van der Waals surface area contributed by atoms with Gasteiger partial charge in [-0.15, -0.1) is 0 Å². The van der Waals surface area contributed by atoms with Crippen LogP contribution in [0, 0.1) is 11.6 Å². The van der Waals surface area contributed by atoms with Gasteiger partial charge in [-0.05, 0) is 40.5 Å². The van der Waals surface area contributed by atoms with Gasteiger partial charge in [-0.1, -0.05) is 48.5 Å². The van der Waals surface area contributed by atoms with Crippen molar-refractivity contribution in [3.63, 3.8) is 0 Å². The molecule has 0 saturated carbocycles. The Bertz CT molecular complexity index is 1310. The molecule has 0 aliphatic heterocycles. The molecule has 3 aromatic carbocycles. The van der Waals surface area contributed by atoms with Crippen molar-refractivity contribution in [2.45, 2.75) is 19.5 Å². The first-order valence-electron chi connectivity index (χ1n) is 11.1. The van der Waals surface area contributed by atoms with Crippen LogP contribution in [0.2, 0.25) is 0 Å². The van der Waals surface area contributed by atoms with Crippen molar-refractivity contribution in [1.82, 2.24) is 20.4 Å². The summed E-state index contributed by atoms with van der Waals surface area (Å²) >= 11 is 0. The van der Waals surface area contributed by atoms with Crippen LogP contribution in [0.3, 0.4) is 0 Å². The van der Waals surface area contributed by atoms with Gasteiger partial charge in [0.05, 0.1) is 12.1 Å². The van der Waals surface area contributed by atoms with Gasteiger partial charge in [0, 0.05) is 38.0 Å². The van der Waals surface area contributed by atoms with Crippen molar-refractivity contribution in [1.29, 1.82) is 0 Å². The van der Waals surface area contributed by atoms with Gasteiger partial charge in [0.2, 0.25) is 5.91 Å². The van der Waals surface area contributed by atoms with Crippen molar-refractivity contribution < 1.29 is 18.4 Å². The number of carbonyl (C=O) groups is 2. The smallest absolute Gasteiger partial charge is 0.254 e. The lowest BCUT2D eigenvalue weighted by Gasteiger charge is -2.12. The number of hydrogen-bond donors (Lipinski definition) is 2. The molecule has 0 spiro atoms. The topological polar surface area (TPSA) is 76.0 Å². The maximum absolute atomic E-state index is 13.7. The quantitative estimate of drug-likeness (QED) is 0.380. The van der Waals surface area contributed by atoms with Gasteiger partial charge >= 0.3 is 0 Å². The van der Waals surface area contributed by atoms with Crippen LogP contribution in [0.4, 0.5) is 8.78 Å². The molecule has 0 unspecified atom stereocenters. The normalized spacial score (nSPS) is 10.7. The van der Waals surface area contributed by atoms with E-state index in [0.29, 0.717) is 19.2 Å². The molecule has 178 valence electrons. The molecule has 4 aromatic rings. The fraction of sp³-hybridized carbons (Fsp3) is 0.148. The van der Waals surface area contributed by atoms with Crippen molar-refractivity contribution in [3.8, 4) is 11.1 Å². The average Bonchev–Trinajstić information content (AvgIpc) is 3.36. The number of nitrogens with zero attached hydrogens (tertiary/aromatic N) is 2. The van der Waals surface area contributed by atoms with E-state index >= 15 is 0 Å². The van der Waals surface area contributed by atoms with Crippen LogP contribution < -0.4 is 10.6 Å². The Morgan fingerprint density at radius 2 is 1.71 bits per heavy atom. The first kappa shape index (κ1) is 23.8. The zero-order chi connectivity index (χ0) is 24.6. The lowest BCUT2D eigenvalue weighted by molar-refractivity contribution is -0.121. The van der Waals surface area contributed by atoms with E-state index in [-0.39, 0.29) is 24.4 Å². The van der Waals surface area contributed by atoms with Crippen LogP contribution in [-0.2, 0) is 17.9 Å². The molecular weight excluding hydrogens is 450 g/mol. The second-order valence-corrected chi connectivity index (χ2v) is 7.96. The molecule has 35 heavy (non-hydrogen) atoms. The minimum atomic E-state index is -0.946. The average molecular weight is 475 g/mol. The first-order chi connectivity index (χ1) is 17.0. The third kappa shape index (κ3) is 6.38. The first-order valence-corrected chi connectivity index (χ1v) is 11.1. The summed E-state index contributed by atoms with van der Waals surface area (Å²) in [6.07, 6.45) is 3.69. The Kier molecular flexibility index (Phi) is 7.62. The minimum absolute atomic E-state index is 0.0266. The lowest BCUT2D eigenvalue weighted by Crippen LogP contribution is -2.31. The number of benzene rings is 3. The molecule has 1 heterocycles. The highest BCUT2D eigenvalue weighted by Crippen LogP contribution is 2.24. The van der Waals surface area contributed by atoms with E-state index in [4.69, 9.17) is 0 Å². The van der Waals surface area contributed by atoms with Crippen molar-refractivity contribution in [2.75, 3.05) is 6.54 Å². The second-order valence-electron chi connectivity index (χ2n) is 7.96. The standard InChI is InChI=1S/C27H24F2N4O2/c28-22-10-11-24(25(29)16-22)27(35)30-14-12-26(34)31-17-21-4-1-2-5-23(21)20-8-6-19(7-9-20)18-33-15-3-13-32-33/h1-11,13,15-16H,12,14,17-18H2,(H,30,35)(H,31,34). The van der Waals surface area contributed by atoms with Gasteiger partial charge in [0.25, 0.3) is 5.91 Å². The van der Waals surface area contributed by atoms with Crippen molar-refractivity contribution >= 4 is 11.8 Å². The molecule has 0 fully saturated rings. The van der Waals surface area contributed by atoms with Crippen molar-refractivity contribution in [2.24, 2.45) is 0 Å². The molecule has 0 bridgehead atoms. The van der Waals surface area contributed by atoms with Crippen LogP contribution in [-0.4, -0.2) is 28.1 Å². The number of halogens is 2. The Hall–Kier alpha value is -4.33. The Labute approximate surface area is 201 Å². The van der Waals surface area contributed by atoms with Crippen LogP contribution in [0.25, 0.3) is 11.1 Å². The van der Waals surface area contributed by atoms with Gasteiger partial charge in [0.1, 0.15) is 11.6 Å². The summed E-state index contributed by atoms with van der Waals surface area (Å²) in [7, 11) is 0. The third-order valence-electron chi connectivity index (χ3n) is 5.48. The number of nitrogens with one attached hydrogen (secondary N) is 2. The number of aromatic nitrogens is 2. The van der Waals surface area contributed by atoms with E-state index in [0.717, 1.165) is 34.4 Å². The predicted octanol–water partition coefficient (Wildman–Crippen LogP) is 4.31. The minimum Gasteiger partial charge on any atom is -0.352 e. The molecule has 0 aliphatic rings. The molecule has 0 radical (unpaired) electrons. The van der Waals surface area contributed by atoms with Crippen molar-refractivity contribution in [3.05, 3.63) is 114 Å². The molecule has 2 amide bonds. The summed E-state index contributed by atoms with van der Waals surface area (Å²) in [5.74, 6) is -2.66. The highest BCUT2D eigenvalue weighted by molar-refractivity contribution is 5.94. The number of rotatable bonds is 9. The van der Waals surface area contributed by atoms with Crippen LogP contribution >= 0.6 is 0 Å². The Morgan fingerprint density at radius 1 is 0.914 bits per heavy atom. The Morgan fingerprint density at radius 3 is 2.46 bits per heavy atom. The van der Waals surface area contributed by atoms with E-state index in [1.807, 2.05) is 53.3 Å². The molecule has 2 N–H and O–H groups in total. The molecule has 0 saturated heterocycles. The van der Waals surface area contributed by atoms with Crippen LogP contribution in [0.1, 0.15) is 27.9 Å². The van der Waals surface area contributed by atoms with E-state index in [9.17, 15) is 18.4 Å². The summed E-state index contributed by atoms with van der Waals surface area (Å²) in [5, 5.41) is 9.56. The predicted molar refractivity (Wildman–Crippen MR) is 128 cm³/mol. The van der Waals surface area contributed by atoms with Gasteiger partial charge < -0.3 is 10.6 Å². The molecule has 1 aromatic heterocycles. The van der Waals surface area contributed by atoms with Gasteiger partial charge in [0.15, 0.2) is 0 Å². The highest BCUT2D eigenvalue weighted by Gasteiger charge is 2.13. The third-order valence-corrected chi connectivity index (χ3v) is 5.48. The highest BCUT2D eigenvalue weighted by atomic mass is 19.1. The largest absolute Gasteiger partial charge is 0.352 e. The van der Waals surface area contributed by atoms with E-state index in [1.165, 1.54) is 0 Å². The monoisotopic (exact) mass is 474 g/mol. The Balaban J connectivity index is 1.30. The molecule has 6 nitrogen and oxygen atoms in total. The zero-order valence-corrected chi connectivity index (χ0v) is 18.9. The molecule has 8 heteroatoms. The maximum Gasteiger partial charge on any atom is 0.254 e. The van der Waals surface area contributed by atoms with E-state index < -0.39 is 17.5 Å². The lowest BCUT2D eigenvalue weighted by atomic mass is 9.98. The fourth-order valence-corrected chi connectivity index (χ4v) is 3.67. The van der Waals surface area contributed by atoms with Gasteiger partial charge in [-0.25, -0.2) is 8.78 Å². The molecule has 0 aliphatic carbocycles. The van der Waals surface area contributed by atoms with Gasteiger partial charge in [-0.2, -0.15) is 5.10 Å². The number of hydrogen-bond acceptors (Lipinski definition) is 3. The summed E-state index contributed by atoms with van der Waals surface area (Å²) < 4.78 is 28.5. The van der Waals surface area contributed by atoms with E-state index in [1.54, 1.807) is 6.20 Å². The zero-order valence-electron chi connectivity index (χ0n) is 18.9. The second kappa shape index (κ2) is 11.2. The fourth-order valence-electron chi connectivity index (χ4n) is 3.67. The number of amides is 2. The SMILES string of the molecule is O=C(CCNC(=O)c1ccc(F)cc1F)NCc1ccccc1-c1ccc(Cn2cccn2)cc1. The summed E-state index contributed by atoms with van der Waals surface area (Å²) in [6.45, 7) is 1.04. The molecule has 4 rings (SSSR count). The summed E-state index contributed by atoms with van der Waals surface area (Å²) in [5.41, 5.74) is 3.87. The van der Waals surface area contributed by atoms with E-state index in [2.05, 4.69) is 27.9 Å². The molecule has 0 atom stereocenters. The van der Waals surface area contributed by atoms with Crippen LogP contribution in [0.5, 0.6) is 0 Å². The molecular formula is C27H24F2N4O2. The number of carbonyl (C=O) groups excluding carboxylic acids is 2. The van der Waals surface area contributed by atoms with Gasteiger partial charge in [-0.3, -0.25) is 14.3 Å². The summed E-state index contributed by atoms with van der Waals surface area (Å²) in [4.78, 5) is 24.3. The maximum atomic E-state index is 13.7. The summed E-state index contributed by atoms with van der Waals surface area (Å²) in [6, 6.07) is 20.6.